The molecular formula is C18H16N2OS. The molecule has 0 aromatic heterocycles. The second-order valence-electron chi connectivity index (χ2n) is 5.02. The van der Waals surface area contributed by atoms with Gasteiger partial charge in [0.05, 0.1) is 4.91 Å². The number of thioether (sulfide) groups is 1. The number of amidine groups is 1. The van der Waals surface area contributed by atoms with Crippen LogP contribution in [0.3, 0.4) is 0 Å². The molecule has 22 heavy (non-hydrogen) atoms. The molecule has 1 amide bonds. The summed E-state index contributed by atoms with van der Waals surface area (Å²) in [4.78, 5) is 19.1. The van der Waals surface area contributed by atoms with Crippen LogP contribution in [0.1, 0.15) is 12.5 Å². The highest BCUT2D eigenvalue weighted by Gasteiger charge is 2.27. The van der Waals surface area contributed by atoms with Crippen molar-refractivity contribution in [3.63, 3.8) is 0 Å². The zero-order chi connectivity index (χ0) is 15.5. The molecule has 1 aliphatic heterocycles. The van der Waals surface area contributed by atoms with Gasteiger partial charge in [0.25, 0.3) is 5.91 Å². The molecule has 0 fully saturated rings. The summed E-state index contributed by atoms with van der Waals surface area (Å²) in [5.41, 5.74) is 3.04. The number of hydrogen-bond acceptors (Lipinski definition) is 3. The minimum Gasteiger partial charge on any atom is -0.324 e. The van der Waals surface area contributed by atoms with Crippen molar-refractivity contribution in [3.05, 3.63) is 71.1 Å². The number of amides is 1. The van der Waals surface area contributed by atoms with Gasteiger partial charge in [0.1, 0.15) is 0 Å². The van der Waals surface area contributed by atoms with Crippen molar-refractivity contribution in [1.82, 2.24) is 0 Å². The van der Waals surface area contributed by atoms with Crippen LogP contribution in [0.15, 0.2) is 70.6 Å². The van der Waals surface area contributed by atoms with Gasteiger partial charge in [-0.2, -0.15) is 4.99 Å². The van der Waals surface area contributed by atoms with E-state index < -0.39 is 0 Å². The summed E-state index contributed by atoms with van der Waals surface area (Å²) < 4.78 is 0. The van der Waals surface area contributed by atoms with Gasteiger partial charge in [-0.05, 0) is 42.0 Å². The minimum absolute atomic E-state index is 0.163. The summed E-state index contributed by atoms with van der Waals surface area (Å²) in [7, 11) is 1.93. The van der Waals surface area contributed by atoms with Crippen molar-refractivity contribution in [1.29, 1.82) is 0 Å². The number of allylic oxidation sites excluding steroid dienone is 1. The molecule has 0 saturated carbocycles. The summed E-state index contributed by atoms with van der Waals surface area (Å²) in [5.74, 6) is -0.163. The Morgan fingerprint density at radius 3 is 2.23 bits per heavy atom. The molecular weight excluding hydrogens is 292 g/mol. The zero-order valence-corrected chi connectivity index (χ0v) is 13.3. The summed E-state index contributed by atoms with van der Waals surface area (Å²) >= 11 is 1.43. The highest BCUT2D eigenvalue weighted by molar-refractivity contribution is 8.18. The predicted octanol–water partition coefficient (Wildman–Crippen LogP) is 4.18. The summed E-state index contributed by atoms with van der Waals surface area (Å²) in [5, 5.41) is 0.710. The monoisotopic (exact) mass is 308 g/mol. The topological polar surface area (TPSA) is 32.7 Å². The van der Waals surface area contributed by atoms with Crippen LogP contribution in [0.5, 0.6) is 0 Å². The molecule has 2 aromatic carbocycles. The second-order valence-corrected chi connectivity index (χ2v) is 5.99. The fraction of sp³-hybridized carbons (Fsp3) is 0.111. The van der Waals surface area contributed by atoms with Gasteiger partial charge in [-0.1, -0.05) is 48.5 Å². The third-order valence-electron chi connectivity index (χ3n) is 3.56. The Balaban J connectivity index is 1.88. The molecule has 0 unspecified atom stereocenters. The molecule has 110 valence electrons. The van der Waals surface area contributed by atoms with Gasteiger partial charge in [0.15, 0.2) is 5.17 Å². The lowest BCUT2D eigenvalue weighted by molar-refractivity contribution is -0.113. The van der Waals surface area contributed by atoms with Crippen molar-refractivity contribution in [2.24, 2.45) is 4.99 Å². The summed E-state index contributed by atoms with van der Waals surface area (Å²) in [6.07, 6.45) is 0. The first-order valence-electron chi connectivity index (χ1n) is 7.03. The number of carbonyl (C=O) groups excluding carboxylic acids is 1. The molecule has 4 heteroatoms. The predicted molar refractivity (Wildman–Crippen MR) is 93.9 cm³/mol. The Bertz CT molecular complexity index is 751. The van der Waals surface area contributed by atoms with Crippen molar-refractivity contribution in [2.75, 3.05) is 11.9 Å². The number of para-hydroxylation sites is 1. The highest BCUT2D eigenvalue weighted by Crippen LogP contribution is 2.35. The number of aliphatic imine (C=N–C) groups is 1. The molecule has 2 aromatic rings. The fourth-order valence-electron chi connectivity index (χ4n) is 2.26. The first-order chi connectivity index (χ1) is 10.7. The maximum atomic E-state index is 12.2. The van der Waals surface area contributed by atoms with Gasteiger partial charge in [-0.3, -0.25) is 4.79 Å². The van der Waals surface area contributed by atoms with Gasteiger partial charge < -0.3 is 4.90 Å². The van der Waals surface area contributed by atoms with Crippen LogP contribution in [-0.4, -0.2) is 18.1 Å². The first kappa shape index (κ1) is 14.6. The van der Waals surface area contributed by atoms with Crippen LogP contribution in [0.2, 0.25) is 0 Å². The third kappa shape index (κ3) is 2.83. The smallest absolute Gasteiger partial charge is 0.286 e. The molecule has 0 N–H and O–H groups in total. The average molecular weight is 308 g/mol. The van der Waals surface area contributed by atoms with E-state index in [1.165, 1.54) is 11.8 Å². The number of carbonyl (C=O) groups is 1. The molecule has 0 atom stereocenters. The number of hydrogen-bond donors (Lipinski definition) is 0. The molecule has 0 aliphatic carbocycles. The van der Waals surface area contributed by atoms with Crippen LogP contribution >= 0.6 is 11.8 Å². The molecule has 3 nitrogen and oxygen atoms in total. The van der Waals surface area contributed by atoms with Crippen LogP contribution in [-0.2, 0) is 4.79 Å². The number of rotatable bonds is 2. The second kappa shape index (κ2) is 6.20. The summed E-state index contributed by atoms with van der Waals surface area (Å²) in [6, 6.07) is 19.8. The van der Waals surface area contributed by atoms with E-state index in [1.54, 1.807) is 0 Å². The van der Waals surface area contributed by atoms with E-state index in [-0.39, 0.29) is 5.91 Å². The van der Waals surface area contributed by atoms with E-state index in [0.717, 1.165) is 16.8 Å². The van der Waals surface area contributed by atoms with Crippen molar-refractivity contribution < 1.29 is 4.79 Å². The number of benzene rings is 2. The molecule has 0 radical (unpaired) electrons. The Kier molecular flexibility index (Phi) is 4.11. The molecule has 0 spiro atoms. The molecule has 1 aliphatic rings. The van der Waals surface area contributed by atoms with Crippen LogP contribution in [0, 0.1) is 0 Å². The van der Waals surface area contributed by atoms with Gasteiger partial charge >= 0.3 is 0 Å². The highest BCUT2D eigenvalue weighted by atomic mass is 32.2. The quantitative estimate of drug-likeness (QED) is 0.780. The van der Waals surface area contributed by atoms with E-state index in [2.05, 4.69) is 4.99 Å². The minimum atomic E-state index is -0.163. The normalized spacial score (nSPS) is 16.5. The zero-order valence-electron chi connectivity index (χ0n) is 12.5. The Morgan fingerprint density at radius 2 is 1.59 bits per heavy atom. The number of nitrogens with zero attached hydrogens (tertiary/aromatic N) is 2. The lowest BCUT2D eigenvalue weighted by Crippen LogP contribution is -2.21. The standard InChI is InChI=1S/C18H16N2OS/c1-13(14-9-5-3-6-10-14)16-17(21)19-18(22-16)20(2)15-11-7-4-8-12-15/h3-12H,1-2H3. The average Bonchev–Trinajstić information content (AvgIpc) is 2.97. The van der Waals surface area contributed by atoms with Gasteiger partial charge in [0.2, 0.25) is 0 Å². The SMILES string of the molecule is CC(=C1SC(N(C)c2ccccc2)=NC1=O)c1ccccc1. The maximum absolute atomic E-state index is 12.2. The lowest BCUT2D eigenvalue weighted by atomic mass is 10.1. The van der Waals surface area contributed by atoms with Crippen molar-refractivity contribution >= 4 is 34.1 Å². The van der Waals surface area contributed by atoms with Crippen molar-refractivity contribution in [3.8, 4) is 0 Å². The first-order valence-corrected chi connectivity index (χ1v) is 7.84. The third-order valence-corrected chi connectivity index (χ3v) is 4.80. The van der Waals surface area contributed by atoms with Crippen molar-refractivity contribution in [2.45, 2.75) is 6.92 Å². The van der Waals surface area contributed by atoms with E-state index >= 15 is 0 Å². The lowest BCUT2D eigenvalue weighted by Gasteiger charge is -2.17. The molecule has 0 saturated heterocycles. The van der Waals surface area contributed by atoms with Gasteiger partial charge in [0, 0.05) is 12.7 Å². The Hall–Kier alpha value is -2.33. The van der Waals surface area contributed by atoms with E-state index in [0.29, 0.717) is 10.1 Å². The molecule has 0 bridgehead atoms. The van der Waals surface area contributed by atoms with E-state index in [1.807, 2.05) is 79.5 Å². The van der Waals surface area contributed by atoms with E-state index in [9.17, 15) is 4.79 Å². The van der Waals surface area contributed by atoms with Gasteiger partial charge in [-0.25, -0.2) is 0 Å². The van der Waals surface area contributed by atoms with Crippen LogP contribution in [0.25, 0.3) is 5.57 Å². The fourth-order valence-corrected chi connectivity index (χ4v) is 3.21. The number of anilines is 1. The Labute approximate surface area is 134 Å². The maximum Gasteiger partial charge on any atom is 0.286 e. The van der Waals surface area contributed by atoms with Gasteiger partial charge in [-0.15, -0.1) is 0 Å². The van der Waals surface area contributed by atoms with E-state index in [4.69, 9.17) is 0 Å². The van der Waals surface area contributed by atoms with Crippen LogP contribution < -0.4 is 4.90 Å². The summed E-state index contributed by atoms with van der Waals surface area (Å²) in [6.45, 7) is 1.97. The molecule has 3 rings (SSSR count). The van der Waals surface area contributed by atoms with Crippen LogP contribution in [0.4, 0.5) is 5.69 Å². The molecule has 1 heterocycles. The Morgan fingerprint density at radius 1 is 1.00 bits per heavy atom. The largest absolute Gasteiger partial charge is 0.324 e.